The van der Waals surface area contributed by atoms with E-state index in [2.05, 4.69) is 162 Å². The van der Waals surface area contributed by atoms with E-state index in [9.17, 15) is 5.26 Å². The molecule has 6 aromatic carbocycles. The lowest BCUT2D eigenvalue weighted by molar-refractivity contribution is -0.633. The number of para-hydroxylation sites is 2. The van der Waals surface area contributed by atoms with Gasteiger partial charge in [-0.1, -0.05) is 108 Å². The highest BCUT2D eigenvalue weighted by Gasteiger charge is 2.34. The molecule has 8 rings (SSSR count). The molecular weight excluding hydrogens is 647 g/mol. The number of fused-ring (bicyclic) bond motifs is 4. The maximum Gasteiger partial charge on any atom is 0.299 e. The van der Waals surface area contributed by atoms with Crippen LogP contribution in [0.5, 0.6) is 0 Å². The summed E-state index contributed by atoms with van der Waals surface area (Å²) in [4.78, 5) is 0. The standard InChI is InChI=1S/C49H46N3O/c1-29(2)34-17-19-35(20-18-34)38-25-41(30(3)4)47(42(26-38)31(5)6)52-44-15-10-9-14-43(44)51(8)49(52)46-32(7)16-22-40-39-23-21-37(27-45(39)53-48(40)46)36-13-11-12-33(24-36)28-50/h9-27,29-31H,1-8H3/q+1. The molecular formula is C49H46N3O+. The molecule has 0 aliphatic carbocycles. The molecule has 262 valence electrons. The SMILES string of the molecule is Cc1ccc2c(oc3cc(-c4cccc(C#N)c4)ccc32)c1-c1n(-c2c(C(C)C)cc(-c3ccc(C(C)C)cc3)cc2C(C)C)c2ccccc2[n+]1C. The molecule has 8 aromatic rings. The number of nitriles is 1. The average molecular weight is 693 g/mol. The van der Waals surface area contributed by atoms with Crippen LogP contribution in [0.3, 0.4) is 0 Å². The fraction of sp³-hybridized carbons (Fsp3) is 0.224. The Hall–Kier alpha value is -5.92. The van der Waals surface area contributed by atoms with Gasteiger partial charge in [0.15, 0.2) is 16.6 Å². The van der Waals surface area contributed by atoms with Crippen molar-refractivity contribution in [2.75, 3.05) is 0 Å². The third-order valence-corrected chi connectivity index (χ3v) is 11.0. The molecule has 0 aliphatic heterocycles. The van der Waals surface area contributed by atoms with Gasteiger partial charge >= 0.3 is 0 Å². The Balaban J connectivity index is 1.42. The molecule has 0 N–H and O–H groups in total. The van der Waals surface area contributed by atoms with Crippen molar-refractivity contribution in [1.29, 1.82) is 5.26 Å². The van der Waals surface area contributed by atoms with E-state index in [1.807, 2.05) is 24.3 Å². The summed E-state index contributed by atoms with van der Waals surface area (Å²) in [5, 5.41) is 11.7. The molecule has 0 radical (unpaired) electrons. The van der Waals surface area contributed by atoms with Crippen molar-refractivity contribution in [1.82, 2.24) is 4.57 Å². The predicted octanol–water partition coefficient (Wildman–Crippen LogP) is 12.9. The van der Waals surface area contributed by atoms with E-state index in [1.165, 1.54) is 33.5 Å². The summed E-state index contributed by atoms with van der Waals surface area (Å²) in [6.07, 6.45) is 0. The molecule has 0 saturated heterocycles. The lowest BCUT2D eigenvalue weighted by Gasteiger charge is -2.21. The maximum atomic E-state index is 9.53. The monoisotopic (exact) mass is 692 g/mol. The summed E-state index contributed by atoms with van der Waals surface area (Å²) in [5.74, 6) is 2.14. The largest absolute Gasteiger partial charge is 0.455 e. The van der Waals surface area contributed by atoms with Gasteiger partial charge in [0.1, 0.15) is 16.8 Å². The normalized spacial score (nSPS) is 11.9. The van der Waals surface area contributed by atoms with Gasteiger partial charge in [0.25, 0.3) is 5.82 Å². The van der Waals surface area contributed by atoms with Gasteiger partial charge in [0, 0.05) is 21.9 Å². The molecule has 53 heavy (non-hydrogen) atoms. The quantitative estimate of drug-likeness (QED) is 0.156. The molecule has 0 amide bonds. The first-order chi connectivity index (χ1) is 25.5. The fourth-order valence-corrected chi connectivity index (χ4v) is 8.03. The molecule has 0 bridgehead atoms. The molecule has 0 fully saturated rings. The van der Waals surface area contributed by atoms with E-state index in [4.69, 9.17) is 4.42 Å². The van der Waals surface area contributed by atoms with Crippen molar-refractivity contribution >= 4 is 33.0 Å². The number of imidazole rings is 1. The third-order valence-electron chi connectivity index (χ3n) is 11.0. The summed E-state index contributed by atoms with van der Waals surface area (Å²) in [5.41, 5.74) is 16.7. The van der Waals surface area contributed by atoms with Gasteiger partial charge in [-0.25, -0.2) is 4.57 Å². The number of aromatic nitrogens is 2. The second-order valence-electron chi connectivity index (χ2n) is 15.4. The van der Waals surface area contributed by atoms with E-state index in [1.54, 1.807) is 0 Å². The van der Waals surface area contributed by atoms with Gasteiger partial charge in [0.05, 0.1) is 18.7 Å². The fourth-order valence-electron chi connectivity index (χ4n) is 8.03. The van der Waals surface area contributed by atoms with Crippen LogP contribution in [-0.4, -0.2) is 4.57 Å². The smallest absolute Gasteiger partial charge is 0.299 e. The summed E-state index contributed by atoms with van der Waals surface area (Å²) >= 11 is 0. The Morgan fingerprint density at radius 2 is 1.30 bits per heavy atom. The predicted molar refractivity (Wildman–Crippen MR) is 220 cm³/mol. The lowest BCUT2D eigenvalue weighted by atomic mass is 9.87. The van der Waals surface area contributed by atoms with Crippen LogP contribution in [0.4, 0.5) is 0 Å². The Labute approximate surface area is 312 Å². The number of aryl methyl sites for hydroxylation is 2. The van der Waals surface area contributed by atoms with E-state index in [0.717, 1.165) is 61.1 Å². The first kappa shape index (κ1) is 34.2. The summed E-state index contributed by atoms with van der Waals surface area (Å²) < 4.78 is 11.8. The van der Waals surface area contributed by atoms with Gasteiger partial charge in [-0.3, -0.25) is 0 Å². The molecule has 2 aromatic heterocycles. The zero-order chi connectivity index (χ0) is 37.1. The summed E-state index contributed by atoms with van der Waals surface area (Å²) in [7, 11) is 2.18. The first-order valence-electron chi connectivity index (χ1n) is 18.8. The Bertz CT molecular complexity index is 2700. The molecule has 4 nitrogen and oxygen atoms in total. The maximum absolute atomic E-state index is 9.53. The molecule has 0 aliphatic rings. The topological polar surface area (TPSA) is 45.7 Å². The van der Waals surface area contributed by atoms with Gasteiger partial charge in [-0.15, -0.1) is 0 Å². The Morgan fingerprint density at radius 1 is 0.642 bits per heavy atom. The van der Waals surface area contributed by atoms with Crippen LogP contribution in [0.25, 0.3) is 72.3 Å². The Morgan fingerprint density at radius 3 is 1.98 bits per heavy atom. The number of rotatable bonds is 7. The molecule has 0 atom stereocenters. The van der Waals surface area contributed by atoms with E-state index >= 15 is 0 Å². The average Bonchev–Trinajstić information content (AvgIpc) is 3.68. The van der Waals surface area contributed by atoms with E-state index in [-0.39, 0.29) is 11.8 Å². The highest BCUT2D eigenvalue weighted by atomic mass is 16.3. The highest BCUT2D eigenvalue weighted by molar-refractivity contribution is 6.10. The van der Waals surface area contributed by atoms with Crippen LogP contribution in [0.15, 0.2) is 120 Å². The minimum absolute atomic E-state index is 0.276. The zero-order valence-corrected chi connectivity index (χ0v) is 32.0. The van der Waals surface area contributed by atoms with Crippen LogP contribution in [0.2, 0.25) is 0 Å². The molecule has 0 saturated carbocycles. The first-order valence-corrected chi connectivity index (χ1v) is 18.8. The second kappa shape index (κ2) is 13.2. The van der Waals surface area contributed by atoms with Crippen molar-refractivity contribution < 1.29 is 8.98 Å². The van der Waals surface area contributed by atoms with Gasteiger partial charge in [-0.05, 0) is 107 Å². The van der Waals surface area contributed by atoms with Crippen molar-refractivity contribution in [2.24, 2.45) is 7.05 Å². The lowest BCUT2D eigenvalue weighted by Crippen LogP contribution is -2.30. The molecule has 0 spiro atoms. The van der Waals surface area contributed by atoms with Crippen molar-refractivity contribution in [3.63, 3.8) is 0 Å². The van der Waals surface area contributed by atoms with E-state index in [0.29, 0.717) is 11.5 Å². The van der Waals surface area contributed by atoms with Crippen molar-refractivity contribution in [3.8, 4) is 45.4 Å². The minimum Gasteiger partial charge on any atom is -0.455 e. The van der Waals surface area contributed by atoms with Crippen LogP contribution >= 0.6 is 0 Å². The number of furan rings is 1. The number of hydrogen-bond donors (Lipinski definition) is 0. The van der Waals surface area contributed by atoms with Crippen LogP contribution in [0, 0.1) is 18.3 Å². The van der Waals surface area contributed by atoms with Crippen LogP contribution in [-0.2, 0) is 7.05 Å². The molecule has 2 heterocycles. The van der Waals surface area contributed by atoms with Crippen LogP contribution in [0.1, 0.15) is 87.1 Å². The summed E-state index contributed by atoms with van der Waals surface area (Å²) in [6, 6.07) is 43.6. The van der Waals surface area contributed by atoms with Gasteiger partial charge in [-0.2, -0.15) is 9.83 Å². The number of benzene rings is 6. The van der Waals surface area contributed by atoms with Gasteiger partial charge < -0.3 is 4.42 Å². The minimum atomic E-state index is 0.276. The zero-order valence-electron chi connectivity index (χ0n) is 32.0. The summed E-state index contributed by atoms with van der Waals surface area (Å²) in [6.45, 7) is 15.9. The second-order valence-corrected chi connectivity index (χ2v) is 15.4. The Kier molecular flexibility index (Phi) is 8.54. The molecule has 4 heteroatoms. The van der Waals surface area contributed by atoms with Crippen molar-refractivity contribution in [3.05, 3.63) is 143 Å². The third kappa shape index (κ3) is 5.72. The molecule has 0 unspecified atom stereocenters. The van der Waals surface area contributed by atoms with E-state index < -0.39 is 0 Å². The number of hydrogen-bond acceptors (Lipinski definition) is 2. The highest BCUT2D eigenvalue weighted by Crippen LogP contribution is 2.43. The van der Waals surface area contributed by atoms with Crippen LogP contribution < -0.4 is 4.57 Å². The van der Waals surface area contributed by atoms with Crippen molar-refractivity contribution in [2.45, 2.75) is 66.2 Å². The number of nitrogens with zero attached hydrogens (tertiary/aromatic N) is 3. The van der Waals surface area contributed by atoms with Gasteiger partial charge in [0.2, 0.25) is 0 Å².